The van der Waals surface area contributed by atoms with Crippen molar-refractivity contribution in [2.75, 3.05) is 26.5 Å². The summed E-state index contributed by atoms with van der Waals surface area (Å²) in [5.41, 5.74) is 0.894. The molecule has 0 saturated heterocycles. The highest BCUT2D eigenvalue weighted by Gasteiger charge is 2.13. The lowest BCUT2D eigenvalue weighted by Gasteiger charge is -2.12. The van der Waals surface area contributed by atoms with E-state index in [1.807, 2.05) is 39.0 Å². The van der Waals surface area contributed by atoms with Crippen LogP contribution < -0.4 is 24.8 Å². The molecule has 1 aromatic heterocycles. The van der Waals surface area contributed by atoms with Crippen molar-refractivity contribution >= 4 is 5.96 Å². The summed E-state index contributed by atoms with van der Waals surface area (Å²) in [5, 5.41) is 6.41. The topological polar surface area (TPSA) is 90.1 Å². The zero-order chi connectivity index (χ0) is 18.4. The number of aryl methyl sites for hydroxylation is 2. The minimum absolute atomic E-state index is 0.256. The summed E-state index contributed by atoms with van der Waals surface area (Å²) in [4.78, 5) is 8.81. The van der Waals surface area contributed by atoms with Crippen LogP contribution in [0.15, 0.2) is 27.6 Å². The fraction of sp³-hybridized carbons (Fsp3) is 0.444. The minimum atomic E-state index is 0.256. The summed E-state index contributed by atoms with van der Waals surface area (Å²) in [6.45, 7) is 8.32. The first-order chi connectivity index (χ1) is 12.7. The molecule has 0 radical (unpaired) electrons. The number of guanidine groups is 1. The molecule has 3 rings (SSSR count). The molecule has 0 atom stereocenters. The van der Waals surface area contributed by atoms with Crippen LogP contribution in [0.1, 0.15) is 24.3 Å². The standard InChI is InChI=1S/C18H24N4O4/c1-4-19-18(21-10-17-22-12(2)13(3)26-17)20-7-8-23-14-5-6-15-16(9-14)25-11-24-15/h5-6,9H,4,7-8,10-11H2,1-3H3,(H2,19,20,21). The van der Waals surface area contributed by atoms with Gasteiger partial charge < -0.3 is 29.3 Å². The van der Waals surface area contributed by atoms with Crippen molar-refractivity contribution in [1.82, 2.24) is 15.6 Å². The van der Waals surface area contributed by atoms with Crippen LogP contribution in [0, 0.1) is 13.8 Å². The molecule has 1 aliphatic heterocycles. The molecule has 0 unspecified atom stereocenters. The van der Waals surface area contributed by atoms with Crippen LogP contribution in [0.2, 0.25) is 0 Å². The largest absolute Gasteiger partial charge is 0.492 e. The first-order valence-electron chi connectivity index (χ1n) is 8.63. The summed E-state index contributed by atoms with van der Waals surface area (Å²) in [6, 6.07) is 5.53. The van der Waals surface area contributed by atoms with E-state index in [-0.39, 0.29) is 6.79 Å². The highest BCUT2D eigenvalue weighted by Crippen LogP contribution is 2.34. The number of aromatic nitrogens is 1. The fourth-order valence-corrected chi connectivity index (χ4v) is 2.40. The summed E-state index contributed by atoms with van der Waals surface area (Å²) in [6.07, 6.45) is 0. The van der Waals surface area contributed by atoms with Gasteiger partial charge in [-0.15, -0.1) is 0 Å². The minimum Gasteiger partial charge on any atom is -0.492 e. The molecule has 0 amide bonds. The van der Waals surface area contributed by atoms with Gasteiger partial charge in [-0.3, -0.25) is 0 Å². The Bertz CT molecular complexity index is 753. The first kappa shape index (κ1) is 17.9. The number of rotatable bonds is 7. The van der Waals surface area contributed by atoms with E-state index in [1.165, 1.54) is 0 Å². The molecule has 0 bridgehead atoms. The van der Waals surface area contributed by atoms with E-state index in [0.717, 1.165) is 29.5 Å². The number of fused-ring (bicyclic) bond motifs is 1. The number of ether oxygens (including phenoxy) is 3. The highest BCUT2D eigenvalue weighted by molar-refractivity contribution is 5.79. The van der Waals surface area contributed by atoms with Crippen molar-refractivity contribution in [3.05, 3.63) is 35.5 Å². The number of benzene rings is 1. The monoisotopic (exact) mass is 360 g/mol. The zero-order valence-corrected chi connectivity index (χ0v) is 15.3. The van der Waals surface area contributed by atoms with Crippen LogP contribution in [0.25, 0.3) is 0 Å². The van der Waals surface area contributed by atoms with Crippen LogP contribution in [0.4, 0.5) is 0 Å². The van der Waals surface area contributed by atoms with E-state index >= 15 is 0 Å². The molecule has 1 aliphatic rings. The molecule has 140 valence electrons. The van der Waals surface area contributed by atoms with E-state index < -0.39 is 0 Å². The smallest absolute Gasteiger partial charge is 0.231 e. The van der Waals surface area contributed by atoms with Gasteiger partial charge >= 0.3 is 0 Å². The molecule has 2 heterocycles. The predicted octanol–water partition coefficient (Wildman–Crippen LogP) is 2.15. The molecule has 0 fully saturated rings. The quantitative estimate of drug-likeness (QED) is 0.444. The number of aliphatic imine (C=N–C) groups is 1. The van der Waals surface area contributed by atoms with Gasteiger partial charge in [0.15, 0.2) is 17.5 Å². The zero-order valence-electron chi connectivity index (χ0n) is 15.3. The maximum absolute atomic E-state index is 5.73. The number of oxazole rings is 1. The second kappa shape index (κ2) is 8.46. The van der Waals surface area contributed by atoms with Gasteiger partial charge in [0.05, 0.1) is 12.2 Å². The lowest BCUT2D eigenvalue weighted by molar-refractivity contribution is 0.173. The van der Waals surface area contributed by atoms with Gasteiger partial charge in [0, 0.05) is 12.6 Å². The van der Waals surface area contributed by atoms with Crippen LogP contribution in [0.5, 0.6) is 17.2 Å². The Balaban J connectivity index is 1.46. The van der Waals surface area contributed by atoms with Gasteiger partial charge in [-0.05, 0) is 32.9 Å². The van der Waals surface area contributed by atoms with Crippen LogP contribution in [-0.2, 0) is 6.54 Å². The molecule has 0 saturated carbocycles. The van der Waals surface area contributed by atoms with Crippen molar-refractivity contribution in [3.8, 4) is 17.2 Å². The van der Waals surface area contributed by atoms with Gasteiger partial charge in [0.1, 0.15) is 24.7 Å². The Kier molecular flexibility index (Phi) is 5.83. The Hall–Kier alpha value is -2.90. The normalized spacial score (nSPS) is 13.0. The van der Waals surface area contributed by atoms with Gasteiger partial charge in [0.25, 0.3) is 0 Å². The van der Waals surface area contributed by atoms with E-state index in [2.05, 4.69) is 20.6 Å². The van der Waals surface area contributed by atoms with E-state index in [4.69, 9.17) is 18.6 Å². The van der Waals surface area contributed by atoms with E-state index in [9.17, 15) is 0 Å². The maximum Gasteiger partial charge on any atom is 0.231 e. The molecule has 0 spiro atoms. The van der Waals surface area contributed by atoms with Crippen LogP contribution >= 0.6 is 0 Å². The van der Waals surface area contributed by atoms with Crippen LogP contribution in [0.3, 0.4) is 0 Å². The predicted molar refractivity (Wildman–Crippen MR) is 96.9 cm³/mol. The molecule has 8 nitrogen and oxygen atoms in total. The Morgan fingerprint density at radius 3 is 2.85 bits per heavy atom. The lowest BCUT2D eigenvalue weighted by Crippen LogP contribution is -2.39. The highest BCUT2D eigenvalue weighted by atomic mass is 16.7. The maximum atomic E-state index is 5.73. The summed E-state index contributed by atoms with van der Waals surface area (Å²) >= 11 is 0. The van der Waals surface area contributed by atoms with Crippen molar-refractivity contribution in [2.24, 2.45) is 4.99 Å². The molecule has 1 aromatic carbocycles. The van der Waals surface area contributed by atoms with E-state index in [0.29, 0.717) is 37.3 Å². The Morgan fingerprint density at radius 2 is 2.08 bits per heavy atom. The summed E-state index contributed by atoms with van der Waals surface area (Å²) < 4.78 is 21.9. The second-order valence-corrected chi connectivity index (χ2v) is 5.73. The summed E-state index contributed by atoms with van der Waals surface area (Å²) in [5.74, 6) is 4.31. The van der Waals surface area contributed by atoms with Crippen molar-refractivity contribution in [3.63, 3.8) is 0 Å². The third-order valence-electron chi connectivity index (χ3n) is 3.80. The van der Waals surface area contributed by atoms with Crippen molar-refractivity contribution in [1.29, 1.82) is 0 Å². The lowest BCUT2D eigenvalue weighted by atomic mass is 10.3. The number of hydrogen-bond donors (Lipinski definition) is 2. The average molecular weight is 360 g/mol. The average Bonchev–Trinajstić information content (AvgIpc) is 3.22. The fourth-order valence-electron chi connectivity index (χ4n) is 2.40. The molecule has 26 heavy (non-hydrogen) atoms. The molecule has 2 N–H and O–H groups in total. The third-order valence-corrected chi connectivity index (χ3v) is 3.80. The molecule has 0 aliphatic carbocycles. The third kappa shape index (κ3) is 4.59. The van der Waals surface area contributed by atoms with Gasteiger partial charge in [0.2, 0.25) is 12.7 Å². The number of hydrogen-bond acceptors (Lipinski definition) is 6. The van der Waals surface area contributed by atoms with Crippen molar-refractivity contribution in [2.45, 2.75) is 27.3 Å². The van der Waals surface area contributed by atoms with E-state index in [1.54, 1.807) is 0 Å². The molecular weight excluding hydrogens is 336 g/mol. The molecular formula is C18H24N4O4. The Labute approximate surface area is 152 Å². The SMILES string of the molecule is CCNC(=NCc1nc(C)c(C)o1)NCCOc1ccc2c(c1)OCO2. The van der Waals surface area contributed by atoms with Crippen LogP contribution in [-0.4, -0.2) is 37.4 Å². The van der Waals surface area contributed by atoms with Gasteiger partial charge in [-0.2, -0.15) is 0 Å². The van der Waals surface area contributed by atoms with Crippen molar-refractivity contribution < 1.29 is 18.6 Å². The first-order valence-corrected chi connectivity index (χ1v) is 8.63. The summed E-state index contributed by atoms with van der Waals surface area (Å²) in [7, 11) is 0. The van der Waals surface area contributed by atoms with Gasteiger partial charge in [-0.25, -0.2) is 9.98 Å². The molecule has 8 heteroatoms. The number of nitrogens with zero attached hydrogens (tertiary/aromatic N) is 2. The van der Waals surface area contributed by atoms with Gasteiger partial charge in [-0.1, -0.05) is 0 Å². The Morgan fingerprint density at radius 1 is 1.23 bits per heavy atom. The second-order valence-electron chi connectivity index (χ2n) is 5.73. The number of nitrogens with one attached hydrogen (secondary N) is 2. The molecule has 2 aromatic rings.